The first-order valence-electron chi connectivity index (χ1n) is 32.3. The monoisotopic (exact) mass is 1340 g/mol. The summed E-state index contributed by atoms with van der Waals surface area (Å²) in [6, 6.07) is -4.11. The van der Waals surface area contributed by atoms with E-state index in [2.05, 4.69) is 47.9 Å². The highest BCUT2D eigenvalue weighted by Gasteiger charge is 2.48. The molecule has 0 aromatic carbocycles. The van der Waals surface area contributed by atoms with Crippen molar-refractivity contribution in [3.63, 3.8) is 0 Å². The largest absolute Gasteiger partial charge is 0.394 e. The summed E-state index contributed by atoms with van der Waals surface area (Å²) in [5, 5.41) is 115. The van der Waals surface area contributed by atoms with E-state index in [1.807, 2.05) is 0 Å². The Morgan fingerprint density at radius 3 is 0.935 bits per heavy atom. The van der Waals surface area contributed by atoms with E-state index in [-0.39, 0.29) is 116 Å². The van der Waals surface area contributed by atoms with Crippen LogP contribution < -0.4 is 47.9 Å². The molecule has 0 saturated carbocycles. The van der Waals surface area contributed by atoms with Crippen molar-refractivity contribution < 1.29 is 118 Å². The maximum Gasteiger partial charge on any atom is 0.237 e. The lowest BCUT2D eigenvalue weighted by atomic mass is 9.97. The Morgan fingerprint density at radius 1 is 0.387 bits per heavy atom. The van der Waals surface area contributed by atoms with E-state index in [4.69, 9.17) is 28.4 Å². The van der Waals surface area contributed by atoms with Gasteiger partial charge in [-0.15, -0.1) is 0 Å². The Labute approximate surface area is 542 Å². The molecule has 0 aromatic heterocycles. The number of carbonyl (C=O) groups is 9. The average molecular weight is 1340 g/mol. The van der Waals surface area contributed by atoms with E-state index in [0.29, 0.717) is 77.0 Å². The lowest BCUT2D eigenvalue weighted by molar-refractivity contribution is -0.270. The summed E-state index contributed by atoms with van der Waals surface area (Å²) in [5.41, 5.74) is 0. The minimum atomic E-state index is -1.44. The van der Waals surface area contributed by atoms with Gasteiger partial charge in [0.25, 0.3) is 0 Å². The summed E-state index contributed by atoms with van der Waals surface area (Å²) in [6.07, 6.45) is -8.62. The van der Waals surface area contributed by atoms with Gasteiger partial charge in [-0.05, 0) is 64.2 Å². The molecule has 3 heterocycles. The summed E-state index contributed by atoms with van der Waals surface area (Å²) >= 11 is 0. The van der Waals surface area contributed by atoms with Crippen LogP contribution in [-0.2, 0) is 71.6 Å². The van der Waals surface area contributed by atoms with E-state index in [9.17, 15) is 89.1 Å². The van der Waals surface area contributed by atoms with Gasteiger partial charge < -0.3 is 122 Å². The molecule has 0 aromatic rings. The van der Waals surface area contributed by atoms with E-state index in [1.165, 1.54) is 25.7 Å². The molecule has 93 heavy (non-hydrogen) atoms. The second-order valence-corrected chi connectivity index (χ2v) is 23.3. The van der Waals surface area contributed by atoms with Gasteiger partial charge in [0.2, 0.25) is 53.2 Å². The van der Waals surface area contributed by atoms with Crippen molar-refractivity contribution in [1.29, 1.82) is 0 Å². The first-order valence-corrected chi connectivity index (χ1v) is 32.3. The molecule has 536 valence electrons. The molecule has 3 rings (SSSR count). The number of unbranched alkanes of at least 4 members (excludes halogenated alkanes) is 6. The van der Waals surface area contributed by atoms with Crippen LogP contribution in [0, 0.1) is 0 Å². The Morgan fingerprint density at radius 2 is 0.667 bits per heavy atom. The summed E-state index contributed by atoms with van der Waals surface area (Å²) in [6.45, 7) is 4.69. The molecule has 0 spiro atoms. The van der Waals surface area contributed by atoms with Gasteiger partial charge in [-0.25, -0.2) is 0 Å². The molecular formula is C59H106N10O24. The fourth-order valence-corrected chi connectivity index (χ4v) is 10.5. The van der Waals surface area contributed by atoms with Crippen LogP contribution in [0.4, 0.5) is 0 Å². The van der Waals surface area contributed by atoms with Gasteiger partial charge in [-0.2, -0.15) is 0 Å². The zero-order valence-electron chi connectivity index (χ0n) is 54.0. The van der Waals surface area contributed by atoms with E-state index in [1.54, 1.807) is 6.92 Å². The second-order valence-electron chi connectivity index (χ2n) is 23.3. The molecule has 16 atom stereocenters. The Balaban J connectivity index is 1.42. The zero-order valence-corrected chi connectivity index (χ0v) is 54.0. The number of carbonyl (C=O) groups excluding carboxylic acids is 9. The van der Waals surface area contributed by atoms with Crippen molar-refractivity contribution in [2.24, 2.45) is 0 Å². The maximum absolute atomic E-state index is 13.7. The van der Waals surface area contributed by atoms with E-state index < -0.39 is 153 Å². The second kappa shape index (κ2) is 45.9. The summed E-state index contributed by atoms with van der Waals surface area (Å²) in [4.78, 5) is 115. The molecule has 3 fully saturated rings. The molecule has 0 bridgehead atoms. The normalized spacial score (nSPS) is 26.5. The highest BCUT2D eigenvalue weighted by atomic mass is 16.7. The molecule has 3 aliphatic rings. The number of hydrogen-bond donors (Lipinski definition) is 18. The van der Waals surface area contributed by atoms with Crippen molar-refractivity contribution >= 4 is 53.2 Å². The summed E-state index contributed by atoms with van der Waals surface area (Å²) in [5.74, 6) is -3.50. The van der Waals surface area contributed by atoms with E-state index in [0.717, 1.165) is 0 Å². The van der Waals surface area contributed by atoms with Crippen molar-refractivity contribution in [2.75, 3.05) is 92.0 Å². The van der Waals surface area contributed by atoms with Gasteiger partial charge in [0.1, 0.15) is 73.1 Å². The van der Waals surface area contributed by atoms with Gasteiger partial charge in [0, 0.05) is 99.1 Å². The van der Waals surface area contributed by atoms with Gasteiger partial charge in [-0.3, -0.25) is 48.1 Å². The SMILES string of the molecule is CCC(C(=O)NCCCNC(=O)CCCCCOC1OC(CO)C(O)C(O)C1NC(C)=O)N(CC(=O)NCCCNC(=O)CCCCCOC1OC(CO)C(O)C(O)C1NC(C)=O)CC(=O)NCCCNC(=O)CCCCCOC1OC(CO)C(O)C(O)C1NC(C)=O. The van der Waals surface area contributed by atoms with Gasteiger partial charge in [0.05, 0.1) is 39.0 Å². The fourth-order valence-electron chi connectivity index (χ4n) is 10.5. The third-order valence-corrected chi connectivity index (χ3v) is 15.5. The number of nitrogens with zero attached hydrogens (tertiary/aromatic N) is 1. The van der Waals surface area contributed by atoms with E-state index >= 15 is 0 Å². The van der Waals surface area contributed by atoms with Gasteiger partial charge in [-0.1, -0.05) is 26.2 Å². The Hall–Kier alpha value is -5.41. The fraction of sp³-hybridized carbons (Fsp3) is 0.847. The molecular weight excluding hydrogens is 1230 g/mol. The molecule has 18 N–H and O–H groups in total. The van der Waals surface area contributed by atoms with Gasteiger partial charge in [0.15, 0.2) is 18.9 Å². The molecule has 34 heteroatoms. The third-order valence-electron chi connectivity index (χ3n) is 15.5. The summed E-state index contributed by atoms with van der Waals surface area (Å²) < 4.78 is 33.8. The highest BCUT2D eigenvalue weighted by Crippen LogP contribution is 2.26. The van der Waals surface area contributed by atoms with Crippen LogP contribution >= 0.6 is 0 Å². The zero-order chi connectivity index (χ0) is 68.8. The lowest BCUT2D eigenvalue weighted by Crippen LogP contribution is -2.64. The van der Waals surface area contributed by atoms with Crippen LogP contribution in [0.15, 0.2) is 0 Å². The quantitative estimate of drug-likeness (QED) is 0.0252. The maximum atomic E-state index is 13.7. The number of nitrogens with one attached hydrogen (secondary N) is 9. The standard InChI is InChI=1S/C59H106N10O24/c1-5-38(56(87)65-26-17-23-62-44(78)20-11-8-14-29-90-59-49(68-37(4)75)55(86)52(83)41(34-72)93-59)69(30-45(79)63-24-15-21-60-42(76)18-9-6-12-27-88-57-47(66-35(2)73)53(84)50(81)39(32-70)91-57)31-46(80)64-25-16-22-61-43(77)19-10-7-13-28-89-58-48(67-36(3)74)54(85)51(82)40(33-71)92-58/h38-41,47-55,57-59,70-72,81-86H,5-34H2,1-4H3,(H,60,76)(H,61,77)(H,62,78)(H,63,79)(H,64,80)(H,65,87)(H,66,73)(H,67,74)(H,68,75). The number of hydrogen-bond acceptors (Lipinski definition) is 25. The van der Waals surface area contributed by atoms with Crippen LogP contribution in [0.25, 0.3) is 0 Å². The van der Waals surface area contributed by atoms with Crippen molar-refractivity contribution in [3.05, 3.63) is 0 Å². The van der Waals surface area contributed by atoms with Gasteiger partial charge >= 0.3 is 0 Å². The van der Waals surface area contributed by atoms with Crippen LogP contribution in [-0.4, -0.2) is 294 Å². The Bertz CT molecular complexity index is 2150. The highest BCUT2D eigenvalue weighted by molar-refractivity contribution is 5.86. The minimum absolute atomic E-state index is 0.144. The molecule has 9 amide bonds. The number of aliphatic hydroxyl groups is 9. The Kier molecular flexibility index (Phi) is 40.4. The average Bonchev–Trinajstić information content (AvgIpc) is 0.865. The van der Waals surface area contributed by atoms with Crippen LogP contribution in [0.3, 0.4) is 0 Å². The molecule has 3 aliphatic heterocycles. The summed E-state index contributed by atoms with van der Waals surface area (Å²) in [7, 11) is 0. The van der Waals surface area contributed by atoms with Crippen molar-refractivity contribution in [3.8, 4) is 0 Å². The molecule has 0 radical (unpaired) electrons. The third kappa shape index (κ3) is 30.9. The number of rotatable bonds is 46. The number of aliphatic hydroxyl groups excluding tert-OH is 9. The smallest absolute Gasteiger partial charge is 0.237 e. The number of amides is 9. The predicted octanol–water partition coefficient (Wildman–Crippen LogP) is -6.50. The number of ether oxygens (including phenoxy) is 6. The molecule has 3 saturated heterocycles. The molecule has 16 unspecified atom stereocenters. The molecule has 0 aliphatic carbocycles. The molecule has 34 nitrogen and oxygen atoms in total. The van der Waals surface area contributed by atoms with Crippen molar-refractivity contribution in [2.45, 2.75) is 228 Å². The van der Waals surface area contributed by atoms with Crippen LogP contribution in [0.1, 0.15) is 130 Å². The first-order chi connectivity index (χ1) is 44.5. The van der Waals surface area contributed by atoms with Crippen LogP contribution in [0.2, 0.25) is 0 Å². The predicted molar refractivity (Wildman–Crippen MR) is 327 cm³/mol. The minimum Gasteiger partial charge on any atom is -0.394 e. The first kappa shape index (κ1) is 81.8. The van der Waals surface area contributed by atoms with Crippen LogP contribution in [0.5, 0.6) is 0 Å². The van der Waals surface area contributed by atoms with Crippen molar-refractivity contribution in [1.82, 2.24) is 52.8 Å². The lowest BCUT2D eigenvalue weighted by Gasteiger charge is -2.42. The topological polar surface area (TPSA) is 503 Å².